The van der Waals surface area contributed by atoms with E-state index in [9.17, 15) is 4.79 Å². The van der Waals surface area contributed by atoms with Crippen LogP contribution in [0.1, 0.15) is 15.4 Å². The molecule has 0 spiro atoms. The third-order valence-electron chi connectivity index (χ3n) is 3.63. The van der Waals surface area contributed by atoms with Gasteiger partial charge in [-0.05, 0) is 19.1 Å². The first-order valence-corrected chi connectivity index (χ1v) is 7.63. The summed E-state index contributed by atoms with van der Waals surface area (Å²) < 4.78 is 0. The van der Waals surface area contributed by atoms with Crippen molar-refractivity contribution >= 4 is 22.9 Å². The number of aryl methyl sites for hydroxylation is 1. The Hall–Kier alpha value is -1.88. The average molecular weight is 287 g/mol. The highest BCUT2D eigenvalue weighted by Gasteiger charge is 2.24. The third-order valence-corrected chi connectivity index (χ3v) is 4.54. The van der Waals surface area contributed by atoms with Crippen LogP contribution in [0.3, 0.4) is 0 Å². The summed E-state index contributed by atoms with van der Waals surface area (Å²) >= 11 is 1.43. The summed E-state index contributed by atoms with van der Waals surface area (Å²) in [5.74, 6) is 0.123. The monoisotopic (exact) mass is 287 g/mol. The highest BCUT2D eigenvalue weighted by molar-refractivity contribution is 7.11. The van der Waals surface area contributed by atoms with E-state index < -0.39 is 0 Å². The van der Waals surface area contributed by atoms with Crippen LogP contribution in [0.2, 0.25) is 0 Å². The molecule has 0 radical (unpaired) electrons. The molecule has 20 heavy (non-hydrogen) atoms. The van der Waals surface area contributed by atoms with Gasteiger partial charge in [0.1, 0.15) is 4.88 Å². The Labute approximate surface area is 122 Å². The molecule has 0 N–H and O–H groups in total. The van der Waals surface area contributed by atoms with Crippen LogP contribution >= 0.6 is 11.3 Å². The predicted octanol–water partition coefficient (Wildman–Crippen LogP) is 2.41. The van der Waals surface area contributed by atoms with Crippen molar-refractivity contribution in [3.63, 3.8) is 0 Å². The van der Waals surface area contributed by atoms with Crippen LogP contribution in [0.4, 0.5) is 5.69 Å². The van der Waals surface area contributed by atoms with Gasteiger partial charge < -0.3 is 9.80 Å². The number of nitrogens with zero attached hydrogens (tertiary/aromatic N) is 3. The van der Waals surface area contributed by atoms with E-state index in [1.807, 2.05) is 30.0 Å². The molecule has 2 aromatic rings. The summed E-state index contributed by atoms with van der Waals surface area (Å²) in [6.45, 7) is 5.20. The van der Waals surface area contributed by atoms with Gasteiger partial charge in [-0.2, -0.15) is 0 Å². The summed E-state index contributed by atoms with van der Waals surface area (Å²) in [5.41, 5.74) is 3.81. The van der Waals surface area contributed by atoms with Gasteiger partial charge in [0.25, 0.3) is 5.91 Å². The molecule has 1 aliphatic rings. The predicted molar refractivity (Wildman–Crippen MR) is 81.4 cm³/mol. The van der Waals surface area contributed by atoms with Gasteiger partial charge in [0.05, 0.1) is 11.2 Å². The van der Waals surface area contributed by atoms with Crippen molar-refractivity contribution in [1.82, 2.24) is 9.88 Å². The summed E-state index contributed by atoms with van der Waals surface area (Å²) in [4.78, 5) is 21.6. The maximum Gasteiger partial charge on any atom is 0.265 e. The van der Waals surface area contributed by atoms with Gasteiger partial charge in [-0.1, -0.05) is 18.2 Å². The molecular formula is C15H17N3OS. The molecule has 4 nitrogen and oxygen atoms in total. The molecule has 1 aromatic carbocycles. The third kappa shape index (κ3) is 2.54. The molecule has 0 aliphatic carbocycles. The molecule has 0 atom stereocenters. The van der Waals surface area contributed by atoms with Crippen molar-refractivity contribution in [2.45, 2.75) is 6.92 Å². The second kappa shape index (κ2) is 5.63. The molecule has 1 fully saturated rings. The van der Waals surface area contributed by atoms with Crippen LogP contribution in [0, 0.1) is 6.92 Å². The van der Waals surface area contributed by atoms with E-state index in [4.69, 9.17) is 0 Å². The number of carbonyl (C=O) groups excluding carboxylic acids is 1. The molecular weight excluding hydrogens is 270 g/mol. The van der Waals surface area contributed by atoms with E-state index in [-0.39, 0.29) is 5.91 Å². The quantitative estimate of drug-likeness (QED) is 0.851. The highest BCUT2D eigenvalue weighted by atomic mass is 32.1. The number of para-hydroxylation sites is 1. The first-order chi connectivity index (χ1) is 9.75. The van der Waals surface area contributed by atoms with Gasteiger partial charge in [0.15, 0.2) is 0 Å². The minimum absolute atomic E-state index is 0.123. The Balaban J connectivity index is 1.64. The van der Waals surface area contributed by atoms with Crippen LogP contribution in [0.25, 0.3) is 0 Å². The van der Waals surface area contributed by atoms with Crippen molar-refractivity contribution in [2.24, 2.45) is 0 Å². The lowest BCUT2D eigenvalue weighted by molar-refractivity contribution is 0.0750. The minimum atomic E-state index is 0.123. The Bertz CT molecular complexity index is 588. The molecule has 0 saturated carbocycles. The Kier molecular flexibility index (Phi) is 3.69. The number of carbonyl (C=O) groups is 1. The number of benzene rings is 1. The first-order valence-electron chi connectivity index (χ1n) is 6.75. The summed E-state index contributed by atoms with van der Waals surface area (Å²) in [7, 11) is 0. The van der Waals surface area contributed by atoms with Crippen LogP contribution in [-0.2, 0) is 0 Å². The normalized spacial score (nSPS) is 15.4. The zero-order chi connectivity index (χ0) is 13.9. The lowest BCUT2D eigenvalue weighted by atomic mass is 10.2. The van der Waals surface area contributed by atoms with Crippen LogP contribution in [-0.4, -0.2) is 42.0 Å². The number of rotatable bonds is 2. The number of thiazole rings is 1. The maximum absolute atomic E-state index is 12.4. The second-order valence-electron chi connectivity index (χ2n) is 4.88. The number of aromatic nitrogens is 1. The lowest BCUT2D eigenvalue weighted by Crippen LogP contribution is -2.48. The number of hydrogen-bond acceptors (Lipinski definition) is 4. The van der Waals surface area contributed by atoms with E-state index in [1.165, 1.54) is 17.0 Å². The van der Waals surface area contributed by atoms with Crippen molar-refractivity contribution in [3.8, 4) is 0 Å². The molecule has 0 bridgehead atoms. The molecule has 1 aliphatic heterocycles. The maximum atomic E-state index is 12.4. The van der Waals surface area contributed by atoms with Crippen molar-refractivity contribution < 1.29 is 4.79 Å². The number of anilines is 1. The fourth-order valence-corrected chi connectivity index (χ4v) is 3.23. The minimum Gasteiger partial charge on any atom is -0.368 e. The van der Waals surface area contributed by atoms with Crippen molar-refractivity contribution in [1.29, 1.82) is 0 Å². The van der Waals surface area contributed by atoms with Gasteiger partial charge >= 0.3 is 0 Å². The largest absolute Gasteiger partial charge is 0.368 e. The van der Waals surface area contributed by atoms with Gasteiger partial charge in [-0.3, -0.25) is 4.79 Å². The summed E-state index contributed by atoms with van der Waals surface area (Å²) in [6.07, 6.45) is 0. The Morgan fingerprint density at radius 3 is 2.45 bits per heavy atom. The summed E-state index contributed by atoms with van der Waals surface area (Å²) in [5, 5.41) is 0. The molecule has 3 rings (SSSR count). The first kappa shape index (κ1) is 13.1. The standard InChI is InChI=1S/C15H17N3OS/c1-12-14(20-11-16-12)15(19)18-9-7-17(8-10-18)13-5-3-2-4-6-13/h2-6,11H,7-10H2,1H3. The van der Waals surface area contributed by atoms with Gasteiger partial charge in [0, 0.05) is 31.9 Å². The molecule has 1 amide bonds. The van der Waals surface area contributed by atoms with E-state index in [0.29, 0.717) is 0 Å². The van der Waals surface area contributed by atoms with E-state index in [1.54, 1.807) is 5.51 Å². The second-order valence-corrected chi connectivity index (χ2v) is 5.74. The number of hydrogen-bond donors (Lipinski definition) is 0. The number of amides is 1. The smallest absolute Gasteiger partial charge is 0.265 e. The fourth-order valence-electron chi connectivity index (χ4n) is 2.46. The molecule has 0 unspecified atom stereocenters. The van der Waals surface area contributed by atoms with E-state index in [2.05, 4.69) is 22.0 Å². The zero-order valence-electron chi connectivity index (χ0n) is 11.5. The van der Waals surface area contributed by atoms with Crippen LogP contribution < -0.4 is 4.90 Å². The van der Waals surface area contributed by atoms with Crippen LogP contribution in [0.5, 0.6) is 0 Å². The SMILES string of the molecule is Cc1ncsc1C(=O)N1CCN(c2ccccc2)CC1. The highest BCUT2D eigenvalue weighted by Crippen LogP contribution is 2.19. The van der Waals surface area contributed by atoms with Gasteiger partial charge in [0.2, 0.25) is 0 Å². The molecule has 1 saturated heterocycles. The molecule has 104 valence electrons. The lowest BCUT2D eigenvalue weighted by Gasteiger charge is -2.36. The van der Waals surface area contributed by atoms with Crippen molar-refractivity contribution in [2.75, 3.05) is 31.1 Å². The molecule has 1 aromatic heterocycles. The topological polar surface area (TPSA) is 36.4 Å². The molecule has 2 heterocycles. The van der Waals surface area contributed by atoms with Gasteiger partial charge in [-0.15, -0.1) is 11.3 Å². The van der Waals surface area contributed by atoms with Crippen LogP contribution in [0.15, 0.2) is 35.8 Å². The van der Waals surface area contributed by atoms with Gasteiger partial charge in [-0.25, -0.2) is 4.98 Å². The zero-order valence-corrected chi connectivity index (χ0v) is 12.3. The average Bonchev–Trinajstić information content (AvgIpc) is 2.94. The van der Waals surface area contributed by atoms with E-state index in [0.717, 1.165) is 36.8 Å². The van der Waals surface area contributed by atoms with Crippen molar-refractivity contribution in [3.05, 3.63) is 46.4 Å². The van der Waals surface area contributed by atoms with E-state index >= 15 is 0 Å². The Morgan fingerprint density at radius 1 is 1.15 bits per heavy atom. The molecule has 5 heteroatoms. The summed E-state index contributed by atoms with van der Waals surface area (Å²) in [6, 6.07) is 10.4. The fraction of sp³-hybridized carbons (Fsp3) is 0.333. The Morgan fingerprint density at radius 2 is 1.85 bits per heavy atom. The number of piperazine rings is 1.